The van der Waals surface area contributed by atoms with E-state index >= 15 is 0 Å². The molecule has 0 radical (unpaired) electrons. The molecule has 1 aromatic carbocycles. The zero-order chi connectivity index (χ0) is 15.6. The highest BCUT2D eigenvalue weighted by atomic mass is 16.1. The summed E-state index contributed by atoms with van der Waals surface area (Å²) in [6.07, 6.45) is 3.69. The zero-order valence-electron chi connectivity index (χ0n) is 12.8. The van der Waals surface area contributed by atoms with Crippen molar-refractivity contribution in [2.24, 2.45) is 0 Å². The summed E-state index contributed by atoms with van der Waals surface area (Å²) < 4.78 is 1.79. The molecule has 2 aromatic rings. The molecule has 0 bridgehead atoms. The van der Waals surface area contributed by atoms with Gasteiger partial charge in [-0.2, -0.15) is 0 Å². The van der Waals surface area contributed by atoms with Crippen LogP contribution in [-0.2, 0) is 12.1 Å². The van der Waals surface area contributed by atoms with Gasteiger partial charge in [0.15, 0.2) is 0 Å². The smallest absolute Gasteiger partial charge is 0.253 e. The van der Waals surface area contributed by atoms with E-state index in [-0.39, 0.29) is 11.1 Å². The molecule has 4 nitrogen and oxygen atoms in total. The highest BCUT2D eigenvalue weighted by molar-refractivity contribution is 5.48. The van der Waals surface area contributed by atoms with Crippen LogP contribution in [0.4, 0.5) is 0 Å². The topological polar surface area (TPSA) is 46.1 Å². The summed E-state index contributed by atoms with van der Waals surface area (Å²) in [6, 6.07) is 12.1. The molecule has 3 rings (SSSR count). The summed E-state index contributed by atoms with van der Waals surface area (Å²) in [5, 5.41) is 6.87. The lowest BCUT2D eigenvalue weighted by Gasteiger charge is -2.30. The summed E-state index contributed by atoms with van der Waals surface area (Å²) in [4.78, 5) is 12.3. The van der Waals surface area contributed by atoms with Gasteiger partial charge in [0.05, 0.1) is 5.54 Å². The highest BCUT2D eigenvalue weighted by Gasteiger charge is 2.35. The first-order valence-corrected chi connectivity index (χ1v) is 7.49. The van der Waals surface area contributed by atoms with Crippen LogP contribution in [0.5, 0.6) is 0 Å². The first-order valence-electron chi connectivity index (χ1n) is 7.49. The summed E-state index contributed by atoms with van der Waals surface area (Å²) in [5.74, 6) is 0. The molecule has 114 valence electrons. The van der Waals surface area contributed by atoms with E-state index in [9.17, 15) is 4.79 Å². The van der Waals surface area contributed by atoms with Crippen molar-refractivity contribution >= 4 is 6.08 Å². The largest absolute Gasteiger partial charge is 0.313 e. The second-order valence-electron chi connectivity index (χ2n) is 5.81. The number of pyridine rings is 1. The first-order chi connectivity index (χ1) is 10.6. The van der Waals surface area contributed by atoms with Gasteiger partial charge >= 0.3 is 0 Å². The molecule has 1 atom stereocenters. The quantitative estimate of drug-likeness (QED) is 0.905. The van der Waals surface area contributed by atoms with Gasteiger partial charge in [0, 0.05) is 31.5 Å². The Bertz CT molecular complexity index is 725. The molecule has 0 saturated carbocycles. The molecule has 2 heterocycles. The minimum absolute atomic E-state index is 0.0679. The number of nitrogens with zero attached hydrogens (tertiary/aromatic N) is 1. The van der Waals surface area contributed by atoms with E-state index in [0.717, 1.165) is 24.3 Å². The van der Waals surface area contributed by atoms with Gasteiger partial charge < -0.3 is 9.88 Å². The molecule has 2 N–H and O–H groups in total. The van der Waals surface area contributed by atoms with Crippen LogP contribution in [0.1, 0.15) is 16.7 Å². The number of hydrogen-bond acceptors (Lipinski definition) is 3. The molecule has 0 spiro atoms. The van der Waals surface area contributed by atoms with E-state index in [4.69, 9.17) is 0 Å². The van der Waals surface area contributed by atoms with Crippen molar-refractivity contribution in [3.63, 3.8) is 0 Å². The fraction of sp³-hybridized carbons (Fsp3) is 0.278. The summed E-state index contributed by atoms with van der Waals surface area (Å²) in [7, 11) is 0. The molecule has 1 fully saturated rings. The van der Waals surface area contributed by atoms with Crippen molar-refractivity contribution in [3.05, 3.63) is 76.2 Å². The Labute approximate surface area is 130 Å². The van der Waals surface area contributed by atoms with Gasteiger partial charge in [0.1, 0.15) is 0 Å². The van der Waals surface area contributed by atoms with Crippen LogP contribution >= 0.6 is 0 Å². The fourth-order valence-corrected chi connectivity index (χ4v) is 2.99. The zero-order valence-corrected chi connectivity index (χ0v) is 12.8. The average molecular weight is 295 g/mol. The van der Waals surface area contributed by atoms with Crippen LogP contribution in [0.3, 0.4) is 0 Å². The van der Waals surface area contributed by atoms with Crippen molar-refractivity contribution < 1.29 is 0 Å². The fourth-order valence-electron chi connectivity index (χ4n) is 2.99. The van der Waals surface area contributed by atoms with Crippen molar-refractivity contribution in [1.29, 1.82) is 0 Å². The van der Waals surface area contributed by atoms with Gasteiger partial charge in [-0.15, -0.1) is 0 Å². The van der Waals surface area contributed by atoms with Crippen molar-refractivity contribution in [2.45, 2.75) is 19.0 Å². The number of hydrogen-bond donors (Lipinski definition) is 2. The van der Waals surface area contributed by atoms with E-state index in [0.29, 0.717) is 6.54 Å². The lowest BCUT2D eigenvalue weighted by Crippen LogP contribution is -2.45. The Kier molecular flexibility index (Phi) is 3.96. The molecular formula is C18H21N3O. The van der Waals surface area contributed by atoms with Crippen molar-refractivity contribution in [2.75, 3.05) is 13.2 Å². The van der Waals surface area contributed by atoms with Crippen LogP contribution in [0.15, 0.2) is 54.0 Å². The molecule has 1 unspecified atom stereocenters. The number of aryl methyl sites for hydroxylation is 1. The Morgan fingerprint density at radius 2 is 2.09 bits per heavy atom. The molecule has 0 amide bonds. The van der Waals surface area contributed by atoms with Gasteiger partial charge in [-0.3, -0.25) is 10.1 Å². The molecule has 1 saturated heterocycles. The minimum Gasteiger partial charge on any atom is -0.313 e. The number of rotatable bonds is 4. The minimum atomic E-state index is -0.267. The Morgan fingerprint density at radius 1 is 1.32 bits per heavy atom. The van der Waals surface area contributed by atoms with E-state index in [1.807, 2.05) is 31.3 Å². The third-order valence-electron chi connectivity index (χ3n) is 4.33. The van der Waals surface area contributed by atoms with Crippen LogP contribution in [0.25, 0.3) is 6.08 Å². The summed E-state index contributed by atoms with van der Waals surface area (Å²) in [6.45, 7) is 7.78. The van der Waals surface area contributed by atoms with Crippen LogP contribution in [-0.4, -0.2) is 17.8 Å². The molecule has 22 heavy (non-hydrogen) atoms. The predicted octanol–water partition coefficient (Wildman–Crippen LogP) is 1.85. The Morgan fingerprint density at radius 3 is 2.73 bits per heavy atom. The van der Waals surface area contributed by atoms with E-state index < -0.39 is 0 Å². The van der Waals surface area contributed by atoms with Crippen molar-refractivity contribution in [1.82, 2.24) is 15.2 Å². The van der Waals surface area contributed by atoms with Crippen LogP contribution < -0.4 is 16.2 Å². The Balaban J connectivity index is 1.99. The normalized spacial score (nSPS) is 21.0. The predicted molar refractivity (Wildman–Crippen MR) is 89.7 cm³/mol. The highest BCUT2D eigenvalue weighted by Crippen LogP contribution is 2.25. The maximum absolute atomic E-state index is 12.3. The van der Waals surface area contributed by atoms with Gasteiger partial charge in [0.2, 0.25) is 0 Å². The maximum Gasteiger partial charge on any atom is 0.253 e. The first kappa shape index (κ1) is 14.8. The second-order valence-corrected chi connectivity index (χ2v) is 5.81. The number of aromatic nitrogens is 1. The maximum atomic E-state index is 12.3. The third kappa shape index (κ3) is 2.63. The molecule has 1 aliphatic rings. The number of benzene rings is 1. The van der Waals surface area contributed by atoms with Gasteiger partial charge in [-0.1, -0.05) is 43.0 Å². The van der Waals surface area contributed by atoms with Crippen LogP contribution in [0, 0.1) is 6.92 Å². The molecular weight excluding hydrogens is 274 g/mol. The second kappa shape index (κ2) is 5.91. The molecule has 1 aliphatic heterocycles. The summed E-state index contributed by atoms with van der Waals surface area (Å²) in [5.41, 5.74) is 2.84. The SMILES string of the molecule is C=Cc1ccc(C2(Cn3cccc(C)c3=O)CNCN2)cc1. The van der Waals surface area contributed by atoms with E-state index in [1.54, 1.807) is 4.57 Å². The monoisotopic (exact) mass is 295 g/mol. The molecule has 4 heteroatoms. The lowest BCUT2D eigenvalue weighted by molar-refractivity contribution is 0.345. The van der Waals surface area contributed by atoms with E-state index in [2.05, 4.69) is 41.5 Å². The lowest BCUT2D eigenvalue weighted by atomic mass is 9.89. The third-order valence-corrected chi connectivity index (χ3v) is 4.33. The van der Waals surface area contributed by atoms with Crippen LogP contribution in [0.2, 0.25) is 0 Å². The molecule has 1 aromatic heterocycles. The number of nitrogens with one attached hydrogen (secondary N) is 2. The Hall–Kier alpha value is -2.17. The summed E-state index contributed by atoms with van der Waals surface area (Å²) >= 11 is 0. The van der Waals surface area contributed by atoms with Crippen molar-refractivity contribution in [3.8, 4) is 0 Å². The average Bonchev–Trinajstić information content (AvgIpc) is 3.02. The van der Waals surface area contributed by atoms with Gasteiger partial charge in [0.25, 0.3) is 5.56 Å². The van der Waals surface area contributed by atoms with Gasteiger partial charge in [-0.05, 0) is 24.1 Å². The van der Waals surface area contributed by atoms with E-state index in [1.165, 1.54) is 5.56 Å². The van der Waals surface area contributed by atoms with Gasteiger partial charge in [-0.25, -0.2) is 0 Å². The standard InChI is InChI=1S/C18H21N3O/c1-3-15-6-8-16(9-7-15)18(11-19-13-20-18)12-21-10-4-5-14(2)17(21)22/h3-10,19-20H,1,11-13H2,2H3. The molecule has 0 aliphatic carbocycles.